The summed E-state index contributed by atoms with van der Waals surface area (Å²) in [7, 11) is 0. The van der Waals surface area contributed by atoms with Crippen molar-refractivity contribution in [1.29, 1.82) is 0 Å². The van der Waals surface area contributed by atoms with Gasteiger partial charge in [-0.25, -0.2) is 0 Å². The van der Waals surface area contributed by atoms with Gasteiger partial charge in [0, 0.05) is 19.1 Å². The molecule has 5 heteroatoms. The first kappa shape index (κ1) is 10.4. The second-order valence-corrected chi connectivity index (χ2v) is 4.69. The van der Waals surface area contributed by atoms with E-state index in [1.807, 2.05) is 0 Å². The zero-order valence-corrected chi connectivity index (χ0v) is 9.18. The zero-order valence-electron chi connectivity index (χ0n) is 9.18. The Bertz CT molecular complexity index is 465. The van der Waals surface area contributed by atoms with E-state index < -0.39 is 0 Å². The minimum atomic E-state index is -0.321. The third-order valence-corrected chi connectivity index (χ3v) is 3.61. The van der Waals surface area contributed by atoms with Gasteiger partial charge in [-0.15, -0.1) is 0 Å². The third kappa shape index (κ3) is 1.72. The Labute approximate surface area is 98.5 Å². The fourth-order valence-electron chi connectivity index (χ4n) is 2.57. The van der Waals surface area contributed by atoms with E-state index in [1.54, 1.807) is 0 Å². The smallest absolute Gasteiger partial charge is 0.255 e. The molecule has 0 spiro atoms. The topological polar surface area (TPSA) is 81.6 Å². The Balaban J connectivity index is 1.72. The Morgan fingerprint density at radius 3 is 2.71 bits per heavy atom. The zero-order chi connectivity index (χ0) is 12.0. The summed E-state index contributed by atoms with van der Waals surface area (Å²) < 4.78 is 0. The maximum absolute atomic E-state index is 11.9. The highest BCUT2D eigenvalue weighted by molar-refractivity contribution is 5.97. The van der Waals surface area contributed by atoms with Crippen LogP contribution in [0.4, 0.5) is 0 Å². The first-order chi connectivity index (χ1) is 8.16. The van der Waals surface area contributed by atoms with Gasteiger partial charge in [0.2, 0.25) is 0 Å². The molecule has 2 unspecified atom stereocenters. The third-order valence-electron chi connectivity index (χ3n) is 3.61. The minimum absolute atomic E-state index is 0.0226. The Hall–Kier alpha value is -1.75. The number of carbonyl (C=O) groups is 1. The average molecular weight is 234 g/mol. The normalized spacial score (nSPS) is 29.8. The first-order valence-corrected chi connectivity index (χ1v) is 5.70. The predicted octanol–water partition coefficient (Wildman–Crippen LogP) is 0.0454. The molecule has 1 saturated carbocycles. The number of nitrogens with one attached hydrogen (secondary N) is 2. The molecule has 2 atom stereocenters. The molecule has 0 bridgehead atoms. The van der Waals surface area contributed by atoms with Crippen LogP contribution in [0, 0.1) is 11.8 Å². The molecule has 2 aliphatic rings. The minimum Gasteiger partial charge on any atom is -0.508 e. The van der Waals surface area contributed by atoms with Gasteiger partial charge in [-0.05, 0) is 30.0 Å². The Morgan fingerprint density at radius 2 is 2.00 bits per heavy atom. The van der Waals surface area contributed by atoms with Crippen LogP contribution in [0.1, 0.15) is 10.4 Å². The van der Waals surface area contributed by atoms with E-state index >= 15 is 0 Å². The van der Waals surface area contributed by atoms with Gasteiger partial charge in [-0.2, -0.15) is 0 Å². The molecule has 1 aliphatic heterocycles. The number of benzene rings is 1. The Kier molecular flexibility index (Phi) is 2.22. The number of piperidine rings is 1. The van der Waals surface area contributed by atoms with Gasteiger partial charge >= 0.3 is 0 Å². The molecule has 4 N–H and O–H groups in total. The second-order valence-electron chi connectivity index (χ2n) is 4.69. The van der Waals surface area contributed by atoms with Gasteiger partial charge in [-0.3, -0.25) is 4.79 Å². The standard InChI is InChI=1S/C12H14N2O3/c15-6-1-2-10(16)7(3-6)12(17)14-11-8-4-13-5-9(8)11/h1-3,8-9,11,13,15-16H,4-5H2,(H,14,17). The van der Waals surface area contributed by atoms with Crippen LogP contribution in [-0.2, 0) is 0 Å². The molecule has 17 heavy (non-hydrogen) atoms. The second kappa shape index (κ2) is 3.63. The van der Waals surface area contributed by atoms with E-state index in [0.717, 1.165) is 13.1 Å². The van der Waals surface area contributed by atoms with Crippen molar-refractivity contribution in [3.05, 3.63) is 23.8 Å². The van der Waals surface area contributed by atoms with E-state index in [1.165, 1.54) is 18.2 Å². The largest absolute Gasteiger partial charge is 0.508 e. The summed E-state index contributed by atoms with van der Waals surface area (Å²) in [6, 6.07) is 4.16. The summed E-state index contributed by atoms with van der Waals surface area (Å²) in [4.78, 5) is 11.9. The van der Waals surface area contributed by atoms with Gasteiger partial charge in [0.25, 0.3) is 5.91 Å². The molecule has 90 valence electrons. The number of rotatable bonds is 2. The lowest BCUT2D eigenvalue weighted by Crippen LogP contribution is -2.32. The maximum atomic E-state index is 11.9. The van der Waals surface area contributed by atoms with Gasteiger partial charge in [0.15, 0.2) is 0 Å². The molecule has 0 radical (unpaired) electrons. The van der Waals surface area contributed by atoms with Gasteiger partial charge < -0.3 is 20.8 Å². The van der Waals surface area contributed by atoms with Crippen molar-refractivity contribution in [2.45, 2.75) is 6.04 Å². The molecule has 1 saturated heterocycles. The molecule has 2 fully saturated rings. The lowest BCUT2D eigenvalue weighted by molar-refractivity contribution is 0.0943. The van der Waals surface area contributed by atoms with Crippen LogP contribution in [0.3, 0.4) is 0 Å². The lowest BCUT2D eigenvalue weighted by Gasteiger charge is -2.09. The van der Waals surface area contributed by atoms with E-state index in [4.69, 9.17) is 0 Å². The number of amides is 1. The highest BCUT2D eigenvalue weighted by Gasteiger charge is 2.53. The summed E-state index contributed by atoms with van der Waals surface area (Å²) in [6.07, 6.45) is 0. The number of hydrogen-bond donors (Lipinski definition) is 4. The van der Waals surface area contributed by atoms with Crippen LogP contribution >= 0.6 is 0 Å². The van der Waals surface area contributed by atoms with Crippen molar-refractivity contribution in [1.82, 2.24) is 10.6 Å². The molecular weight excluding hydrogens is 220 g/mol. The van der Waals surface area contributed by atoms with Crippen molar-refractivity contribution in [3.8, 4) is 11.5 Å². The number of fused-ring (bicyclic) bond motifs is 1. The summed E-state index contributed by atoms with van der Waals surface area (Å²) >= 11 is 0. The van der Waals surface area contributed by atoms with Gasteiger partial charge in [0.05, 0.1) is 5.56 Å². The summed E-state index contributed by atoms with van der Waals surface area (Å²) in [5.74, 6) is 0.601. The quantitative estimate of drug-likeness (QED) is 0.545. The van der Waals surface area contributed by atoms with Crippen LogP contribution in [0.5, 0.6) is 11.5 Å². The van der Waals surface area contributed by atoms with E-state index in [2.05, 4.69) is 10.6 Å². The average Bonchev–Trinajstić information content (AvgIpc) is 2.76. The molecule has 0 aromatic heterocycles. The molecule has 1 aliphatic carbocycles. The van der Waals surface area contributed by atoms with Crippen molar-refractivity contribution >= 4 is 5.91 Å². The maximum Gasteiger partial charge on any atom is 0.255 e. The molecule has 1 heterocycles. The van der Waals surface area contributed by atoms with E-state index in [-0.39, 0.29) is 29.0 Å². The highest BCUT2D eigenvalue weighted by Crippen LogP contribution is 2.41. The monoisotopic (exact) mass is 234 g/mol. The number of phenols is 2. The molecule has 1 amide bonds. The predicted molar refractivity (Wildman–Crippen MR) is 60.9 cm³/mol. The number of aromatic hydroxyl groups is 2. The van der Waals surface area contributed by atoms with Crippen molar-refractivity contribution in [2.24, 2.45) is 11.8 Å². The number of phenolic OH excluding ortho intramolecular Hbond substituents is 2. The fraction of sp³-hybridized carbons (Fsp3) is 0.417. The molecule has 5 nitrogen and oxygen atoms in total. The lowest BCUT2D eigenvalue weighted by atomic mass is 10.1. The van der Waals surface area contributed by atoms with Crippen molar-refractivity contribution < 1.29 is 15.0 Å². The molecule has 1 aromatic carbocycles. The Morgan fingerprint density at radius 1 is 1.29 bits per heavy atom. The molecule has 1 aromatic rings. The molecule has 3 rings (SSSR count). The number of hydrogen-bond acceptors (Lipinski definition) is 4. The highest BCUT2D eigenvalue weighted by atomic mass is 16.3. The van der Waals surface area contributed by atoms with Crippen LogP contribution in [0.2, 0.25) is 0 Å². The number of carbonyl (C=O) groups excluding carboxylic acids is 1. The van der Waals surface area contributed by atoms with E-state index in [0.29, 0.717) is 11.8 Å². The summed E-state index contributed by atoms with van der Waals surface area (Å²) in [5.41, 5.74) is 0.128. The van der Waals surface area contributed by atoms with Crippen molar-refractivity contribution in [2.75, 3.05) is 13.1 Å². The van der Waals surface area contributed by atoms with Crippen LogP contribution in [0.25, 0.3) is 0 Å². The van der Waals surface area contributed by atoms with Crippen molar-refractivity contribution in [3.63, 3.8) is 0 Å². The van der Waals surface area contributed by atoms with E-state index in [9.17, 15) is 15.0 Å². The van der Waals surface area contributed by atoms with Crippen LogP contribution in [-0.4, -0.2) is 35.3 Å². The molecular formula is C12H14N2O3. The SMILES string of the molecule is O=C(NC1C2CNCC21)c1cc(O)ccc1O. The fourth-order valence-corrected chi connectivity index (χ4v) is 2.57. The summed E-state index contributed by atoms with van der Waals surface area (Å²) in [6.45, 7) is 1.89. The van der Waals surface area contributed by atoms with Gasteiger partial charge in [-0.1, -0.05) is 0 Å². The summed E-state index contributed by atoms with van der Waals surface area (Å²) in [5, 5.41) is 25.0. The van der Waals surface area contributed by atoms with Crippen LogP contribution < -0.4 is 10.6 Å². The first-order valence-electron chi connectivity index (χ1n) is 5.70. The van der Waals surface area contributed by atoms with Crippen LogP contribution in [0.15, 0.2) is 18.2 Å². The van der Waals surface area contributed by atoms with Gasteiger partial charge in [0.1, 0.15) is 11.5 Å².